The molecule has 0 aliphatic rings. The Bertz CT molecular complexity index is 1430. The van der Waals surface area contributed by atoms with E-state index in [1.54, 1.807) is 48.5 Å². The fourth-order valence-corrected chi connectivity index (χ4v) is 4.12. The van der Waals surface area contributed by atoms with Gasteiger partial charge in [0, 0.05) is 17.6 Å². The maximum Gasteiger partial charge on any atom is 0.337 e. The lowest BCUT2D eigenvalue weighted by Crippen LogP contribution is -2.49. The van der Waals surface area contributed by atoms with Crippen LogP contribution in [0.5, 0.6) is 0 Å². The zero-order valence-corrected chi connectivity index (χ0v) is 22.2. The number of nitrogens with zero attached hydrogens (tertiary/aromatic N) is 5. The van der Waals surface area contributed by atoms with Crippen molar-refractivity contribution < 1.29 is 19.1 Å². The highest BCUT2D eigenvalue weighted by Gasteiger charge is 2.34. The van der Waals surface area contributed by atoms with E-state index in [1.165, 1.54) is 23.0 Å². The molecule has 3 aromatic carbocycles. The molecule has 0 aliphatic carbocycles. The highest BCUT2D eigenvalue weighted by molar-refractivity contribution is 5.98. The lowest BCUT2D eigenvalue weighted by Gasteiger charge is -2.34. The molecule has 0 aliphatic heterocycles. The first-order valence-electron chi connectivity index (χ1n) is 12.3. The van der Waals surface area contributed by atoms with Crippen LogP contribution in [-0.2, 0) is 16.1 Å². The van der Waals surface area contributed by atoms with Gasteiger partial charge in [-0.1, -0.05) is 48.5 Å². The van der Waals surface area contributed by atoms with Gasteiger partial charge in [0.1, 0.15) is 12.4 Å². The third kappa shape index (κ3) is 6.72. The van der Waals surface area contributed by atoms with Crippen LogP contribution in [0.4, 0.5) is 0 Å². The van der Waals surface area contributed by atoms with E-state index in [2.05, 4.69) is 20.8 Å². The molecule has 1 heterocycles. The van der Waals surface area contributed by atoms with Gasteiger partial charge < -0.3 is 15.0 Å². The van der Waals surface area contributed by atoms with E-state index in [0.29, 0.717) is 22.4 Å². The lowest BCUT2D eigenvalue weighted by atomic mass is 9.98. The van der Waals surface area contributed by atoms with Crippen LogP contribution < -0.4 is 5.32 Å². The molecule has 1 unspecified atom stereocenters. The topological polar surface area (TPSA) is 119 Å². The predicted octanol–water partition coefficient (Wildman–Crippen LogP) is 3.75. The first kappa shape index (κ1) is 27.2. The molecule has 1 aromatic heterocycles. The van der Waals surface area contributed by atoms with Crippen LogP contribution in [0.15, 0.2) is 85.2 Å². The van der Waals surface area contributed by atoms with Crippen LogP contribution in [0, 0.1) is 0 Å². The molecule has 39 heavy (non-hydrogen) atoms. The Hall–Kier alpha value is -4.86. The number of esters is 1. The van der Waals surface area contributed by atoms with Gasteiger partial charge in [-0.25, -0.2) is 9.48 Å². The maximum absolute atomic E-state index is 14.2. The van der Waals surface area contributed by atoms with Crippen molar-refractivity contribution >= 4 is 17.8 Å². The summed E-state index contributed by atoms with van der Waals surface area (Å²) in [4.78, 5) is 41.6. The van der Waals surface area contributed by atoms with Crippen molar-refractivity contribution in [3.05, 3.63) is 107 Å². The van der Waals surface area contributed by atoms with Gasteiger partial charge in [-0.3, -0.25) is 9.59 Å². The Morgan fingerprint density at radius 3 is 2.28 bits per heavy atom. The smallest absolute Gasteiger partial charge is 0.337 e. The molecule has 4 aromatic rings. The summed E-state index contributed by atoms with van der Waals surface area (Å²) in [6.45, 7) is 5.79. The number of rotatable bonds is 8. The standard InChI is InChI=1S/C29H30N6O4/c1-29(2,3)31-26(36)25(21-13-15-22(16-14-21)28(38)39-4)34(18-20-9-6-5-7-10-20)27(37)23-11-8-12-24(17-23)35-19-30-32-33-35/h5-17,19,25H,18H2,1-4H3,(H,31,36). The number of ether oxygens (including phenoxy) is 1. The van der Waals surface area contributed by atoms with E-state index in [-0.39, 0.29) is 18.4 Å². The zero-order chi connectivity index (χ0) is 28.0. The molecule has 200 valence electrons. The van der Waals surface area contributed by atoms with Gasteiger partial charge in [0.15, 0.2) is 0 Å². The molecular weight excluding hydrogens is 496 g/mol. The Morgan fingerprint density at radius 2 is 1.67 bits per heavy atom. The molecule has 10 nitrogen and oxygen atoms in total. The molecule has 1 N–H and O–H groups in total. The molecule has 0 radical (unpaired) electrons. The summed E-state index contributed by atoms with van der Waals surface area (Å²) in [5.41, 5.74) is 2.14. The fourth-order valence-electron chi connectivity index (χ4n) is 4.12. The van der Waals surface area contributed by atoms with E-state index in [1.807, 2.05) is 51.1 Å². The number of tetrazole rings is 1. The number of methoxy groups -OCH3 is 1. The minimum absolute atomic E-state index is 0.162. The normalized spacial score (nSPS) is 11.9. The van der Waals surface area contributed by atoms with Crippen LogP contribution in [-0.4, -0.2) is 55.5 Å². The predicted molar refractivity (Wildman–Crippen MR) is 144 cm³/mol. The molecule has 10 heteroatoms. The number of carbonyl (C=O) groups is 3. The van der Waals surface area contributed by atoms with Crippen LogP contribution in [0.1, 0.15) is 58.7 Å². The summed E-state index contributed by atoms with van der Waals surface area (Å²) in [6.07, 6.45) is 1.44. The SMILES string of the molecule is COC(=O)c1ccc(C(C(=O)NC(C)(C)C)N(Cc2ccccc2)C(=O)c2cccc(-n3cnnn3)c2)cc1. The average Bonchev–Trinajstić information content (AvgIpc) is 3.47. The second-order valence-corrected chi connectivity index (χ2v) is 9.98. The summed E-state index contributed by atoms with van der Waals surface area (Å²) in [7, 11) is 1.31. The van der Waals surface area contributed by atoms with Gasteiger partial charge in [-0.05, 0) is 72.7 Å². The number of carbonyl (C=O) groups excluding carboxylic acids is 3. The van der Waals surface area contributed by atoms with Crippen molar-refractivity contribution in [3.63, 3.8) is 0 Å². The quantitative estimate of drug-likeness (QED) is 0.347. The first-order valence-corrected chi connectivity index (χ1v) is 12.3. The van der Waals surface area contributed by atoms with Crippen molar-refractivity contribution in [2.24, 2.45) is 0 Å². The highest BCUT2D eigenvalue weighted by atomic mass is 16.5. The van der Waals surface area contributed by atoms with Crippen molar-refractivity contribution in [1.82, 2.24) is 30.4 Å². The number of benzene rings is 3. The summed E-state index contributed by atoms with van der Waals surface area (Å²) < 4.78 is 6.27. The zero-order valence-electron chi connectivity index (χ0n) is 22.2. The van der Waals surface area contributed by atoms with Crippen LogP contribution in [0.3, 0.4) is 0 Å². The van der Waals surface area contributed by atoms with E-state index in [4.69, 9.17) is 4.74 Å². The molecular formula is C29H30N6O4. The summed E-state index contributed by atoms with van der Waals surface area (Å²) in [6, 6.07) is 21.8. The Labute approximate surface area is 226 Å². The number of hydrogen-bond donors (Lipinski definition) is 1. The largest absolute Gasteiger partial charge is 0.465 e. The monoisotopic (exact) mass is 526 g/mol. The Kier molecular flexibility index (Phi) is 8.14. The minimum Gasteiger partial charge on any atom is -0.465 e. The van der Waals surface area contributed by atoms with Gasteiger partial charge in [-0.15, -0.1) is 5.10 Å². The minimum atomic E-state index is -1.000. The van der Waals surface area contributed by atoms with Gasteiger partial charge in [0.2, 0.25) is 5.91 Å². The Balaban J connectivity index is 1.81. The third-order valence-electron chi connectivity index (χ3n) is 5.87. The number of hydrogen-bond acceptors (Lipinski definition) is 7. The molecule has 4 rings (SSSR count). The molecule has 0 spiro atoms. The van der Waals surface area contributed by atoms with E-state index in [9.17, 15) is 14.4 Å². The molecule has 2 amide bonds. The first-order chi connectivity index (χ1) is 18.7. The molecule has 0 bridgehead atoms. The van der Waals surface area contributed by atoms with E-state index < -0.39 is 17.6 Å². The van der Waals surface area contributed by atoms with Crippen molar-refractivity contribution in [2.75, 3.05) is 7.11 Å². The maximum atomic E-state index is 14.2. The van der Waals surface area contributed by atoms with Crippen LogP contribution >= 0.6 is 0 Å². The van der Waals surface area contributed by atoms with Crippen LogP contribution in [0.2, 0.25) is 0 Å². The van der Waals surface area contributed by atoms with E-state index in [0.717, 1.165) is 5.56 Å². The number of nitrogens with one attached hydrogen (secondary N) is 1. The summed E-state index contributed by atoms with van der Waals surface area (Å²) in [5, 5.41) is 14.3. The summed E-state index contributed by atoms with van der Waals surface area (Å²) >= 11 is 0. The van der Waals surface area contributed by atoms with Gasteiger partial charge in [-0.2, -0.15) is 0 Å². The van der Waals surface area contributed by atoms with Gasteiger partial charge in [0.25, 0.3) is 5.91 Å². The van der Waals surface area contributed by atoms with Gasteiger partial charge in [0.05, 0.1) is 18.4 Å². The number of amides is 2. The molecule has 0 saturated carbocycles. The molecule has 1 atom stereocenters. The lowest BCUT2D eigenvalue weighted by molar-refractivity contribution is -0.127. The molecule has 0 fully saturated rings. The average molecular weight is 527 g/mol. The molecule has 0 saturated heterocycles. The third-order valence-corrected chi connectivity index (χ3v) is 5.87. The van der Waals surface area contributed by atoms with Gasteiger partial charge >= 0.3 is 5.97 Å². The van der Waals surface area contributed by atoms with Crippen molar-refractivity contribution in [3.8, 4) is 5.69 Å². The summed E-state index contributed by atoms with van der Waals surface area (Å²) in [5.74, 6) is -1.21. The number of aromatic nitrogens is 4. The van der Waals surface area contributed by atoms with Crippen molar-refractivity contribution in [1.29, 1.82) is 0 Å². The Morgan fingerprint density at radius 1 is 0.949 bits per heavy atom. The van der Waals surface area contributed by atoms with E-state index >= 15 is 0 Å². The van der Waals surface area contributed by atoms with Crippen LogP contribution in [0.25, 0.3) is 5.69 Å². The highest BCUT2D eigenvalue weighted by Crippen LogP contribution is 2.28. The second-order valence-electron chi connectivity index (χ2n) is 9.98. The fraction of sp³-hybridized carbons (Fsp3) is 0.241. The second kappa shape index (κ2) is 11.7. The van der Waals surface area contributed by atoms with Crippen molar-refractivity contribution in [2.45, 2.75) is 38.9 Å².